The number of rotatable bonds is 1. The van der Waals surface area contributed by atoms with Crippen LogP contribution in [0, 0.1) is 13.8 Å². The van der Waals surface area contributed by atoms with E-state index in [1.165, 1.54) is 0 Å². The van der Waals surface area contributed by atoms with Gasteiger partial charge < -0.3 is 5.11 Å². The molecule has 0 atom stereocenters. The van der Waals surface area contributed by atoms with E-state index >= 15 is 0 Å². The van der Waals surface area contributed by atoms with Crippen molar-refractivity contribution in [2.45, 2.75) is 39.5 Å². The Hall–Kier alpha value is -1.90. The predicted octanol–water partition coefficient (Wildman–Crippen LogP) is 3.43. The normalized spacial score (nSPS) is 14.4. The van der Waals surface area contributed by atoms with Gasteiger partial charge in [-0.1, -0.05) is 0 Å². The van der Waals surface area contributed by atoms with Crippen LogP contribution in [0.5, 0.6) is 0 Å². The molecule has 2 aromatic rings. The summed E-state index contributed by atoms with van der Waals surface area (Å²) in [5.41, 5.74) is 5.51. The fourth-order valence-corrected chi connectivity index (χ4v) is 2.93. The van der Waals surface area contributed by atoms with E-state index in [1.807, 2.05) is 26.0 Å². The molecule has 0 bridgehead atoms. The summed E-state index contributed by atoms with van der Waals surface area (Å²) in [7, 11) is 0. The average molecular weight is 255 g/mol. The van der Waals surface area contributed by atoms with Crippen LogP contribution in [0.25, 0.3) is 10.9 Å². The molecule has 0 unspecified atom stereocenters. The van der Waals surface area contributed by atoms with Crippen LogP contribution < -0.4 is 0 Å². The number of aromatic nitrogens is 1. The molecule has 0 aliphatic heterocycles. The van der Waals surface area contributed by atoms with E-state index in [9.17, 15) is 9.90 Å². The highest BCUT2D eigenvalue weighted by Gasteiger charge is 2.22. The second-order valence-electron chi connectivity index (χ2n) is 5.38. The van der Waals surface area contributed by atoms with Crippen molar-refractivity contribution in [1.29, 1.82) is 0 Å². The highest BCUT2D eigenvalue weighted by molar-refractivity contribution is 6.04. The summed E-state index contributed by atoms with van der Waals surface area (Å²) in [5.74, 6) is -0.825. The van der Waals surface area contributed by atoms with Crippen molar-refractivity contribution in [3.8, 4) is 0 Å². The quantitative estimate of drug-likeness (QED) is 0.849. The number of nitrogens with zero attached hydrogens (tertiary/aromatic N) is 1. The van der Waals surface area contributed by atoms with Crippen LogP contribution in [0.4, 0.5) is 0 Å². The first-order valence-corrected chi connectivity index (χ1v) is 6.74. The van der Waals surface area contributed by atoms with Crippen LogP contribution >= 0.6 is 0 Å². The van der Waals surface area contributed by atoms with Gasteiger partial charge in [-0.3, -0.25) is 4.98 Å². The molecule has 3 heteroatoms. The van der Waals surface area contributed by atoms with Gasteiger partial charge in [0, 0.05) is 11.1 Å². The Morgan fingerprint density at radius 1 is 1.16 bits per heavy atom. The van der Waals surface area contributed by atoms with E-state index in [0.29, 0.717) is 5.56 Å². The highest BCUT2D eigenvalue weighted by atomic mass is 16.4. The third-order valence-electron chi connectivity index (χ3n) is 4.09. The number of benzene rings is 1. The van der Waals surface area contributed by atoms with Gasteiger partial charge in [-0.2, -0.15) is 0 Å². The van der Waals surface area contributed by atoms with E-state index in [0.717, 1.165) is 59.0 Å². The molecule has 0 amide bonds. The third kappa shape index (κ3) is 1.89. The minimum absolute atomic E-state index is 0.475. The van der Waals surface area contributed by atoms with Gasteiger partial charge in [-0.15, -0.1) is 0 Å². The number of aryl methyl sites for hydroxylation is 3. The van der Waals surface area contributed by atoms with Crippen LogP contribution in [0.2, 0.25) is 0 Å². The van der Waals surface area contributed by atoms with Crippen molar-refractivity contribution in [2.75, 3.05) is 0 Å². The molecule has 19 heavy (non-hydrogen) atoms. The first kappa shape index (κ1) is 12.2. The fraction of sp³-hybridized carbons (Fsp3) is 0.375. The van der Waals surface area contributed by atoms with Crippen LogP contribution in [0.15, 0.2) is 12.1 Å². The SMILES string of the molecule is Cc1cc2nc3c(c(C(=O)O)c2cc1C)CCCC3. The zero-order chi connectivity index (χ0) is 13.6. The van der Waals surface area contributed by atoms with Crippen LogP contribution in [0.1, 0.15) is 45.6 Å². The molecule has 0 fully saturated rings. The average Bonchev–Trinajstić information content (AvgIpc) is 2.37. The zero-order valence-corrected chi connectivity index (χ0v) is 11.3. The molecule has 0 radical (unpaired) electrons. The van der Waals surface area contributed by atoms with Crippen molar-refractivity contribution in [2.24, 2.45) is 0 Å². The van der Waals surface area contributed by atoms with Gasteiger partial charge in [0.2, 0.25) is 0 Å². The minimum Gasteiger partial charge on any atom is -0.478 e. The van der Waals surface area contributed by atoms with Crippen molar-refractivity contribution < 1.29 is 9.90 Å². The maximum atomic E-state index is 11.7. The van der Waals surface area contributed by atoms with Gasteiger partial charge in [0.15, 0.2) is 0 Å². The summed E-state index contributed by atoms with van der Waals surface area (Å²) < 4.78 is 0. The molecule has 1 aliphatic carbocycles. The smallest absolute Gasteiger partial charge is 0.336 e. The van der Waals surface area contributed by atoms with Crippen LogP contribution in [-0.4, -0.2) is 16.1 Å². The first-order chi connectivity index (χ1) is 9.08. The summed E-state index contributed by atoms with van der Waals surface area (Å²) in [6.45, 7) is 4.05. The molecule has 1 aromatic carbocycles. The molecule has 1 N–H and O–H groups in total. The number of aromatic carboxylic acids is 1. The Balaban J connectivity index is 2.42. The van der Waals surface area contributed by atoms with Crippen molar-refractivity contribution >= 4 is 16.9 Å². The molecule has 3 nitrogen and oxygen atoms in total. The molecule has 1 aromatic heterocycles. The molecule has 1 aliphatic rings. The Bertz CT molecular complexity index is 689. The number of fused-ring (bicyclic) bond motifs is 2. The van der Waals surface area contributed by atoms with Gasteiger partial charge in [-0.25, -0.2) is 4.79 Å². The topological polar surface area (TPSA) is 50.2 Å². The lowest BCUT2D eigenvalue weighted by Crippen LogP contribution is -2.13. The van der Waals surface area contributed by atoms with E-state index in [1.54, 1.807) is 0 Å². The van der Waals surface area contributed by atoms with Gasteiger partial charge in [0.1, 0.15) is 0 Å². The number of hydrogen-bond acceptors (Lipinski definition) is 2. The monoisotopic (exact) mass is 255 g/mol. The summed E-state index contributed by atoms with van der Waals surface area (Å²) >= 11 is 0. The maximum Gasteiger partial charge on any atom is 0.336 e. The van der Waals surface area contributed by atoms with E-state index < -0.39 is 5.97 Å². The molecule has 0 spiro atoms. The lowest BCUT2D eigenvalue weighted by Gasteiger charge is -2.19. The number of hydrogen-bond donors (Lipinski definition) is 1. The maximum absolute atomic E-state index is 11.7. The molecule has 98 valence electrons. The molecule has 0 saturated carbocycles. The second kappa shape index (κ2) is 4.34. The molecule has 1 heterocycles. The van der Waals surface area contributed by atoms with Crippen LogP contribution in [0.3, 0.4) is 0 Å². The number of carbonyl (C=O) groups is 1. The number of carboxylic acid groups (broad SMARTS) is 1. The second-order valence-corrected chi connectivity index (χ2v) is 5.38. The van der Waals surface area contributed by atoms with E-state index in [4.69, 9.17) is 4.98 Å². The molecular formula is C16H17NO2. The zero-order valence-electron chi connectivity index (χ0n) is 11.3. The molecular weight excluding hydrogens is 238 g/mol. The number of pyridine rings is 1. The minimum atomic E-state index is -0.825. The van der Waals surface area contributed by atoms with Crippen molar-refractivity contribution in [3.05, 3.63) is 40.1 Å². The van der Waals surface area contributed by atoms with Crippen LogP contribution in [-0.2, 0) is 12.8 Å². The van der Waals surface area contributed by atoms with Crippen molar-refractivity contribution in [1.82, 2.24) is 4.98 Å². The van der Waals surface area contributed by atoms with E-state index in [-0.39, 0.29) is 0 Å². The van der Waals surface area contributed by atoms with Gasteiger partial charge >= 0.3 is 5.97 Å². The van der Waals surface area contributed by atoms with Crippen molar-refractivity contribution in [3.63, 3.8) is 0 Å². The standard InChI is InChI=1S/C16H17NO2/c1-9-7-12-14(8-10(9)2)17-13-6-4-3-5-11(13)15(12)16(18)19/h7-8H,3-6H2,1-2H3,(H,18,19). The lowest BCUT2D eigenvalue weighted by atomic mass is 9.89. The Labute approximate surface area is 112 Å². The third-order valence-corrected chi connectivity index (χ3v) is 4.09. The van der Waals surface area contributed by atoms with E-state index in [2.05, 4.69) is 0 Å². The predicted molar refractivity (Wildman–Crippen MR) is 74.8 cm³/mol. The molecule has 0 saturated heterocycles. The van der Waals surface area contributed by atoms with Gasteiger partial charge in [0.05, 0.1) is 11.1 Å². The summed E-state index contributed by atoms with van der Waals surface area (Å²) in [4.78, 5) is 16.4. The van der Waals surface area contributed by atoms with Gasteiger partial charge in [-0.05, 0) is 68.4 Å². The summed E-state index contributed by atoms with van der Waals surface area (Å²) in [6, 6.07) is 3.97. The largest absolute Gasteiger partial charge is 0.478 e. The Kier molecular flexibility index (Phi) is 2.77. The fourth-order valence-electron chi connectivity index (χ4n) is 2.93. The molecule has 3 rings (SSSR count). The lowest BCUT2D eigenvalue weighted by molar-refractivity contribution is 0.0697. The first-order valence-electron chi connectivity index (χ1n) is 6.74. The summed E-state index contributed by atoms with van der Waals surface area (Å²) in [5, 5.41) is 10.4. The Morgan fingerprint density at radius 3 is 2.58 bits per heavy atom. The summed E-state index contributed by atoms with van der Waals surface area (Å²) in [6.07, 6.45) is 3.91. The van der Waals surface area contributed by atoms with Gasteiger partial charge in [0.25, 0.3) is 0 Å². The number of carboxylic acids is 1. The Morgan fingerprint density at radius 2 is 1.84 bits per heavy atom. The highest BCUT2D eigenvalue weighted by Crippen LogP contribution is 2.30.